The first kappa shape index (κ1) is 17.5. The molecule has 3 rings (SSSR count). The number of rotatable bonds is 5. The number of nitrogens with one attached hydrogen (secondary N) is 2. The predicted octanol–water partition coefficient (Wildman–Crippen LogP) is 3.12. The summed E-state index contributed by atoms with van der Waals surface area (Å²) in [5.41, 5.74) is 1.08. The van der Waals surface area contributed by atoms with E-state index in [-0.39, 0.29) is 13.0 Å². The quantitative estimate of drug-likeness (QED) is 0.765. The Labute approximate surface area is 150 Å². The van der Waals surface area contributed by atoms with Crippen LogP contribution in [0.15, 0.2) is 48.5 Å². The lowest BCUT2D eigenvalue weighted by Crippen LogP contribution is -2.36. The molecule has 0 bridgehead atoms. The van der Waals surface area contributed by atoms with Gasteiger partial charge in [-0.1, -0.05) is 30.3 Å². The minimum absolute atomic E-state index is 0.113. The number of carboxylic acids is 1. The number of fused-ring (bicyclic) bond motifs is 1. The Hall–Kier alpha value is -3.35. The number of amides is 2. The van der Waals surface area contributed by atoms with E-state index in [1.807, 2.05) is 0 Å². The van der Waals surface area contributed by atoms with Crippen LogP contribution in [0.2, 0.25) is 0 Å². The zero-order valence-corrected chi connectivity index (χ0v) is 14.1. The highest BCUT2D eigenvalue weighted by atomic mass is 16.5. The molecule has 134 valence electrons. The highest BCUT2D eigenvalue weighted by Crippen LogP contribution is 2.29. The maximum atomic E-state index is 12.5. The van der Waals surface area contributed by atoms with Gasteiger partial charge in [-0.25, -0.2) is 4.79 Å². The Kier molecular flexibility index (Phi) is 4.62. The van der Waals surface area contributed by atoms with E-state index in [9.17, 15) is 19.5 Å². The van der Waals surface area contributed by atoms with Gasteiger partial charge in [-0.05, 0) is 30.7 Å². The molecular weight excluding hydrogens is 336 g/mol. The summed E-state index contributed by atoms with van der Waals surface area (Å²) in [5.74, 6) is -1.49. The Morgan fingerprint density at radius 3 is 2.65 bits per heavy atom. The summed E-state index contributed by atoms with van der Waals surface area (Å²) in [7, 11) is 0. The van der Waals surface area contributed by atoms with E-state index in [0.29, 0.717) is 16.9 Å². The third-order valence-electron chi connectivity index (χ3n) is 4.38. The zero-order chi connectivity index (χ0) is 18.7. The fraction of sp³-hybridized carbons (Fsp3) is 0.211. The molecule has 0 spiro atoms. The van der Waals surface area contributed by atoms with Crippen LogP contribution in [0, 0.1) is 0 Å². The fourth-order valence-corrected chi connectivity index (χ4v) is 2.84. The third kappa shape index (κ3) is 3.51. The van der Waals surface area contributed by atoms with Crippen molar-refractivity contribution < 1.29 is 24.2 Å². The fourth-order valence-electron chi connectivity index (χ4n) is 2.84. The molecule has 1 atom stereocenters. The number of hydrogen-bond donors (Lipinski definition) is 3. The summed E-state index contributed by atoms with van der Waals surface area (Å²) in [5, 5.41) is 14.9. The molecule has 0 aromatic heterocycles. The van der Waals surface area contributed by atoms with Crippen molar-refractivity contribution in [3.63, 3.8) is 0 Å². The summed E-state index contributed by atoms with van der Waals surface area (Å²) >= 11 is 0. The number of benzene rings is 2. The average molecular weight is 354 g/mol. The Bertz CT molecular complexity index is 865. The molecule has 1 aliphatic heterocycles. The minimum Gasteiger partial charge on any atom is -0.481 e. The van der Waals surface area contributed by atoms with Crippen LogP contribution in [0.5, 0.6) is 0 Å². The van der Waals surface area contributed by atoms with Gasteiger partial charge in [-0.15, -0.1) is 0 Å². The van der Waals surface area contributed by atoms with Crippen molar-refractivity contribution in [1.29, 1.82) is 0 Å². The van der Waals surface area contributed by atoms with Gasteiger partial charge < -0.3 is 15.2 Å². The van der Waals surface area contributed by atoms with E-state index in [1.165, 1.54) is 6.92 Å². The second kappa shape index (κ2) is 6.87. The van der Waals surface area contributed by atoms with Gasteiger partial charge in [-0.3, -0.25) is 14.9 Å². The molecule has 0 saturated heterocycles. The summed E-state index contributed by atoms with van der Waals surface area (Å²) in [6, 6.07) is 13.7. The topological polar surface area (TPSA) is 105 Å². The molecule has 1 unspecified atom stereocenters. The molecule has 2 amide bonds. The van der Waals surface area contributed by atoms with E-state index in [0.717, 1.165) is 5.56 Å². The molecule has 0 saturated carbocycles. The molecule has 0 aliphatic carbocycles. The number of ether oxygens (including phenoxy) is 1. The lowest BCUT2D eigenvalue weighted by molar-refractivity contribution is -0.145. The lowest BCUT2D eigenvalue weighted by atomic mass is 9.79. The normalized spacial score (nSPS) is 15.0. The minimum atomic E-state index is -1.34. The van der Waals surface area contributed by atoms with Crippen LogP contribution < -0.4 is 10.6 Å². The average Bonchev–Trinajstić information content (AvgIpc) is 2.62. The van der Waals surface area contributed by atoms with Crippen molar-refractivity contribution in [2.24, 2.45) is 0 Å². The third-order valence-corrected chi connectivity index (χ3v) is 4.38. The predicted molar refractivity (Wildman–Crippen MR) is 94.9 cm³/mol. The molecule has 1 heterocycles. The van der Waals surface area contributed by atoms with E-state index < -0.39 is 23.4 Å². The second-order valence-corrected chi connectivity index (χ2v) is 6.30. The molecule has 3 N–H and O–H groups in total. The van der Waals surface area contributed by atoms with Gasteiger partial charge in [0.2, 0.25) is 5.91 Å². The number of hydrogen-bond acceptors (Lipinski definition) is 4. The van der Waals surface area contributed by atoms with Gasteiger partial charge in [0.1, 0.15) is 6.61 Å². The van der Waals surface area contributed by atoms with E-state index in [1.54, 1.807) is 48.5 Å². The number of carbonyl (C=O) groups is 3. The van der Waals surface area contributed by atoms with E-state index in [2.05, 4.69) is 10.6 Å². The Morgan fingerprint density at radius 2 is 1.96 bits per heavy atom. The van der Waals surface area contributed by atoms with Crippen molar-refractivity contribution in [3.8, 4) is 0 Å². The highest BCUT2D eigenvalue weighted by Gasteiger charge is 2.37. The van der Waals surface area contributed by atoms with Gasteiger partial charge in [0, 0.05) is 17.7 Å². The van der Waals surface area contributed by atoms with Crippen molar-refractivity contribution in [1.82, 2.24) is 0 Å². The van der Waals surface area contributed by atoms with Crippen LogP contribution in [-0.2, 0) is 26.3 Å². The molecule has 0 fully saturated rings. The van der Waals surface area contributed by atoms with Gasteiger partial charge in [0.15, 0.2) is 0 Å². The van der Waals surface area contributed by atoms with Gasteiger partial charge >= 0.3 is 12.1 Å². The van der Waals surface area contributed by atoms with Crippen LogP contribution in [0.3, 0.4) is 0 Å². The molecule has 2 aromatic rings. The molecule has 0 radical (unpaired) electrons. The van der Waals surface area contributed by atoms with Gasteiger partial charge in [0.25, 0.3) is 0 Å². The number of carbonyl (C=O) groups excluding carboxylic acids is 2. The van der Waals surface area contributed by atoms with Gasteiger partial charge in [-0.2, -0.15) is 0 Å². The SMILES string of the molecule is CC(CC(=O)Nc1ccc2c(c1)COC(=O)N2)(C(=O)O)c1ccccc1. The summed E-state index contributed by atoms with van der Waals surface area (Å²) in [4.78, 5) is 35.4. The van der Waals surface area contributed by atoms with Crippen LogP contribution in [-0.4, -0.2) is 23.1 Å². The Morgan fingerprint density at radius 1 is 1.23 bits per heavy atom. The molecule has 7 nitrogen and oxygen atoms in total. The number of anilines is 2. The van der Waals surface area contributed by atoms with E-state index >= 15 is 0 Å². The highest BCUT2D eigenvalue weighted by molar-refractivity contribution is 5.97. The Balaban J connectivity index is 1.75. The second-order valence-electron chi connectivity index (χ2n) is 6.30. The molecular formula is C19H18N2O5. The summed E-state index contributed by atoms with van der Waals surface area (Å²) in [6.07, 6.45) is -0.731. The van der Waals surface area contributed by atoms with Crippen molar-refractivity contribution in [3.05, 3.63) is 59.7 Å². The molecule has 26 heavy (non-hydrogen) atoms. The number of cyclic esters (lactones) is 1. The monoisotopic (exact) mass is 354 g/mol. The van der Waals surface area contributed by atoms with Gasteiger partial charge in [0.05, 0.1) is 11.1 Å². The molecule has 1 aliphatic rings. The number of aliphatic carboxylic acids is 1. The first-order valence-corrected chi connectivity index (χ1v) is 8.04. The lowest BCUT2D eigenvalue weighted by Gasteiger charge is -2.25. The van der Waals surface area contributed by atoms with Crippen molar-refractivity contribution in [2.75, 3.05) is 10.6 Å². The standard InChI is InChI=1S/C19H18N2O5/c1-19(17(23)24,13-5-3-2-4-6-13)10-16(22)20-14-7-8-15-12(9-14)11-26-18(25)21-15/h2-9H,10-11H2,1H3,(H,20,22)(H,21,25)(H,23,24). The smallest absolute Gasteiger partial charge is 0.411 e. The molecule has 2 aromatic carbocycles. The largest absolute Gasteiger partial charge is 0.481 e. The van der Waals surface area contributed by atoms with Crippen LogP contribution in [0.1, 0.15) is 24.5 Å². The van der Waals surface area contributed by atoms with Crippen molar-refractivity contribution >= 4 is 29.3 Å². The summed E-state index contributed by atoms with van der Waals surface area (Å²) in [6.45, 7) is 1.64. The summed E-state index contributed by atoms with van der Waals surface area (Å²) < 4.78 is 4.89. The van der Waals surface area contributed by atoms with Crippen LogP contribution >= 0.6 is 0 Å². The maximum Gasteiger partial charge on any atom is 0.411 e. The van der Waals surface area contributed by atoms with Crippen LogP contribution in [0.4, 0.5) is 16.2 Å². The molecule has 7 heteroatoms. The zero-order valence-electron chi connectivity index (χ0n) is 14.1. The van der Waals surface area contributed by atoms with Crippen molar-refractivity contribution in [2.45, 2.75) is 25.4 Å². The first-order chi connectivity index (χ1) is 12.4. The van der Waals surface area contributed by atoms with E-state index in [4.69, 9.17) is 4.74 Å². The number of carboxylic acid groups (broad SMARTS) is 1. The van der Waals surface area contributed by atoms with Crippen LogP contribution in [0.25, 0.3) is 0 Å². The maximum absolute atomic E-state index is 12.5. The first-order valence-electron chi connectivity index (χ1n) is 8.04.